The predicted molar refractivity (Wildman–Crippen MR) is 122 cm³/mol. The summed E-state index contributed by atoms with van der Waals surface area (Å²) in [6.45, 7) is 5.66. The predicted octanol–water partition coefficient (Wildman–Crippen LogP) is 4.78. The van der Waals surface area contributed by atoms with Crippen LogP contribution in [0.15, 0.2) is 54.9 Å². The van der Waals surface area contributed by atoms with Crippen LogP contribution in [0.25, 0.3) is 22.6 Å². The van der Waals surface area contributed by atoms with Gasteiger partial charge < -0.3 is 19.9 Å². The molecule has 0 aliphatic heterocycles. The molecule has 0 fully saturated rings. The summed E-state index contributed by atoms with van der Waals surface area (Å²) >= 11 is 0. The van der Waals surface area contributed by atoms with E-state index in [9.17, 15) is 4.79 Å². The summed E-state index contributed by atoms with van der Waals surface area (Å²) in [5.74, 6) is 1.87. The summed E-state index contributed by atoms with van der Waals surface area (Å²) in [5, 5.41) is 6.11. The Morgan fingerprint density at radius 2 is 1.68 bits per heavy atom. The number of carbonyl (C=O) groups is 1. The molecule has 0 radical (unpaired) electrons. The Kier molecular flexibility index (Phi) is 5.53. The third-order valence-electron chi connectivity index (χ3n) is 4.79. The molecule has 0 aliphatic carbocycles. The third kappa shape index (κ3) is 4.32. The Balaban J connectivity index is 1.76. The van der Waals surface area contributed by atoms with E-state index < -0.39 is 0 Å². The number of nitrogens with one attached hydrogen (secondary N) is 2. The van der Waals surface area contributed by atoms with E-state index >= 15 is 0 Å². The zero-order chi connectivity index (χ0) is 22.0. The van der Waals surface area contributed by atoms with Crippen LogP contribution in [0.2, 0.25) is 0 Å². The van der Waals surface area contributed by atoms with E-state index in [0.717, 1.165) is 28.3 Å². The molecule has 0 unspecified atom stereocenters. The highest BCUT2D eigenvalue weighted by molar-refractivity contribution is 5.90. The average molecular weight is 416 g/mol. The Labute approximate surface area is 180 Å². The number of nitrogens with zero attached hydrogens (tertiary/aromatic N) is 4. The van der Waals surface area contributed by atoms with Crippen LogP contribution in [-0.2, 0) is 4.79 Å². The molecule has 31 heavy (non-hydrogen) atoms. The fraction of sp³-hybridized carbons (Fsp3) is 0.217. The molecule has 2 aromatic heterocycles. The second-order valence-electron chi connectivity index (χ2n) is 7.43. The van der Waals surface area contributed by atoms with Crippen LogP contribution in [0.4, 0.5) is 17.2 Å². The van der Waals surface area contributed by atoms with Crippen LogP contribution >= 0.6 is 0 Å². The summed E-state index contributed by atoms with van der Waals surface area (Å²) < 4.78 is 7.28. The van der Waals surface area contributed by atoms with Crippen molar-refractivity contribution in [2.24, 2.45) is 0 Å². The summed E-state index contributed by atoms with van der Waals surface area (Å²) in [6, 6.07) is 15.3. The smallest absolute Gasteiger partial charge is 0.221 e. The van der Waals surface area contributed by atoms with Gasteiger partial charge in [0.15, 0.2) is 22.8 Å². The maximum absolute atomic E-state index is 11.2. The van der Waals surface area contributed by atoms with Crippen molar-refractivity contribution in [1.29, 1.82) is 0 Å². The Hall–Kier alpha value is -3.94. The number of amides is 1. The van der Waals surface area contributed by atoms with Crippen molar-refractivity contribution in [2.45, 2.75) is 26.8 Å². The first-order chi connectivity index (χ1) is 14.9. The van der Waals surface area contributed by atoms with E-state index in [1.165, 1.54) is 6.92 Å². The number of aromatic nitrogens is 4. The highest BCUT2D eigenvalue weighted by Gasteiger charge is 2.16. The second kappa shape index (κ2) is 8.43. The van der Waals surface area contributed by atoms with Crippen LogP contribution in [0.3, 0.4) is 0 Å². The van der Waals surface area contributed by atoms with Crippen molar-refractivity contribution in [3.05, 3.63) is 54.9 Å². The average Bonchev–Trinajstić information content (AvgIpc) is 3.19. The molecular weight excluding hydrogens is 392 g/mol. The molecule has 2 heterocycles. The van der Waals surface area contributed by atoms with Gasteiger partial charge in [0.05, 0.1) is 13.4 Å². The zero-order valence-corrected chi connectivity index (χ0v) is 17.9. The number of carbonyl (C=O) groups excluding carboxylic acids is 1. The van der Waals surface area contributed by atoms with E-state index in [1.807, 2.05) is 53.1 Å². The van der Waals surface area contributed by atoms with Crippen molar-refractivity contribution in [3.8, 4) is 17.1 Å². The molecule has 0 spiro atoms. The summed E-state index contributed by atoms with van der Waals surface area (Å²) in [5.41, 5.74) is 3.89. The van der Waals surface area contributed by atoms with E-state index in [4.69, 9.17) is 14.7 Å². The second-order valence-corrected chi connectivity index (χ2v) is 7.43. The number of hydrogen-bond acceptors (Lipinski definition) is 6. The van der Waals surface area contributed by atoms with Crippen LogP contribution in [0.1, 0.15) is 26.8 Å². The van der Waals surface area contributed by atoms with Crippen molar-refractivity contribution in [1.82, 2.24) is 19.5 Å². The largest absolute Gasteiger partial charge is 0.497 e. The Morgan fingerprint density at radius 3 is 2.29 bits per heavy atom. The van der Waals surface area contributed by atoms with Gasteiger partial charge >= 0.3 is 0 Å². The molecule has 8 nitrogen and oxygen atoms in total. The van der Waals surface area contributed by atoms with Crippen molar-refractivity contribution < 1.29 is 9.53 Å². The maximum atomic E-state index is 11.2. The summed E-state index contributed by atoms with van der Waals surface area (Å²) in [4.78, 5) is 25.3. The van der Waals surface area contributed by atoms with Gasteiger partial charge in [-0.1, -0.05) is 0 Å². The molecule has 0 saturated carbocycles. The molecule has 1 amide bonds. The summed E-state index contributed by atoms with van der Waals surface area (Å²) in [6.07, 6.45) is 1.78. The number of imidazole rings is 1. The number of hydrogen-bond donors (Lipinski definition) is 2. The van der Waals surface area contributed by atoms with E-state index in [1.54, 1.807) is 13.4 Å². The zero-order valence-electron chi connectivity index (χ0n) is 17.9. The monoisotopic (exact) mass is 416 g/mol. The minimum atomic E-state index is -0.110. The molecule has 0 aliphatic rings. The number of ether oxygens (including phenoxy) is 1. The summed E-state index contributed by atoms with van der Waals surface area (Å²) in [7, 11) is 1.64. The lowest BCUT2D eigenvalue weighted by Gasteiger charge is -2.12. The number of rotatable bonds is 6. The maximum Gasteiger partial charge on any atom is 0.221 e. The highest BCUT2D eigenvalue weighted by Crippen LogP contribution is 2.29. The molecule has 4 aromatic rings. The van der Waals surface area contributed by atoms with E-state index in [-0.39, 0.29) is 11.9 Å². The van der Waals surface area contributed by atoms with Crippen LogP contribution in [0, 0.1) is 0 Å². The van der Waals surface area contributed by atoms with Gasteiger partial charge in [-0.15, -0.1) is 0 Å². The molecular formula is C23H24N6O2. The molecule has 0 atom stereocenters. The standard InChI is InChI=1S/C23H24N6O2/c1-14(2)29-13-24-20-22(26-18-9-7-17(8-10-18)25-15(3)30)27-21(28-23(20)29)16-5-11-19(31-4)12-6-16/h5-14H,1-4H3,(H,25,30)(H,26,27,28). The lowest BCUT2D eigenvalue weighted by Crippen LogP contribution is -2.06. The molecule has 2 N–H and O–H groups in total. The van der Waals surface area contributed by atoms with Crippen LogP contribution in [-0.4, -0.2) is 32.5 Å². The lowest BCUT2D eigenvalue weighted by molar-refractivity contribution is -0.114. The van der Waals surface area contributed by atoms with Gasteiger partial charge in [0, 0.05) is 29.9 Å². The topological polar surface area (TPSA) is 94.0 Å². The molecule has 0 bridgehead atoms. The van der Waals surface area contributed by atoms with Crippen LogP contribution in [0.5, 0.6) is 5.75 Å². The quantitative estimate of drug-likeness (QED) is 0.470. The molecule has 8 heteroatoms. The highest BCUT2D eigenvalue weighted by atomic mass is 16.5. The number of methoxy groups -OCH3 is 1. The first-order valence-corrected chi connectivity index (χ1v) is 9.98. The third-order valence-corrected chi connectivity index (χ3v) is 4.79. The van der Waals surface area contributed by atoms with Gasteiger partial charge in [-0.25, -0.2) is 15.0 Å². The molecule has 0 saturated heterocycles. The van der Waals surface area contributed by atoms with Crippen molar-refractivity contribution in [3.63, 3.8) is 0 Å². The van der Waals surface area contributed by atoms with Gasteiger partial charge in [-0.2, -0.15) is 0 Å². The van der Waals surface area contributed by atoms with Gasteiger partial charge in [-0.05, 0) is 62.4 Å². The van der Waals surface area contributed by atoms with E-state index in [0.29, 0.717) is 17.2 Å². The van der Waals surface area contributed by atoms with Crippen LogP contribution < -0.4 is 15.4 Å². The minimum Gasteiger partial charge on any atom is -0.497 e. The Bertz CT molecular complexity index is 1210. The van der Waals surface area contributed by atoms with Gasteiger partial charge in [0.25, 0.3) is 0 Å². The Morgan fingerprint density at radius 1 is 1.00 bits per heavy atom. The van der Waals surface area contributed by atoms with Gasteiger partial charge in [0.2, 0.25) is 5.91 Å². The molecule has 2 aromatic carbocycles. The number of fused-ring (bicyclic) bond motifs is 1. The first-order valence-electron chi connectivity index (χ1n) is 9.98. The van der Waals surface area contributed by atoms with Crippen molar-refractivity contribution in [2.75, 3.05) is 17.7 Å². The lowest BCUT2D eigenvalue weighted by atomic mass is 10.2. The molecule has 158 valence electrons. The molecule has 4 rings (SSSR count). The normalized spacial score (nSPS) is 11.0. The van der Waals surface area contributed by atoms with E-state index in [2.05, 4.69) is 29.5 Å². The SMILES string of the molecule is COc1ccc(-c2nc(Nc3ccc(NC(C)=O)cc3)c3ncn(C(C)C)c3n2)cc1. The van der Waals surface area contributed by atoms with Gasteiger partial charge in [0.1, 0.15) is 5.75 Å². The van der Waals surface area contributed by atoms with Gasteiger partial charge in [-0.3, -0.25) is 4.79 Å². The van der Waals surface area contributed by atoms with Crippen molar-refractivity contribution >= 4 is 34.3 Å². The number of anilines is 3. The fourth-order valence-corrected chi connectivity index (χ4v) is 3.23. The minimum absolute atomic E-state index is 0.110. The first kappa shape index (κ1) is 20.3. The fourth-order valence-electron chi connectivity index (χ4n) is 3.23. The number of benzene rings is 2.